The Hall–Kier alpha value is -1.69. The molecule has 2 aromatic rings. The van der Waals surface area contributed by atoms with Gasteiger partial charge in [0.1, 0.15) is 0 Å². The number of hydrogen-bond acceptors (Lipinski definition) is 5. The molecule has 0 aromatic carbocycles. The molecule has 3 atom stereocenters. The molecule has 0 N–H and O–H groups in total. The second-order valence-electron chi connectivity index (χ2n) is 6.69. The minimum Gasteiger partial charge on any atom is -0.342 e. The van der Waals surface area contributed by atoms with E-state index in [1.807, 2.05) is 16.2 Å². The molecule has 5 nitrogen and oxygen atoms in total. The molecule has 2 aromatic heterocycles. The summed E-state index contributed by atoms with van der Waals surface area (Å²) in [6.45, 7) is 5.51. The zero-order chi connectivity index (χ0) is 16.0. The van der Waals surface area contributed by atoms with E-state index in [0.29, 0.717) is 17.7 Å². The van der Waals surface area contributed by atoms with Crippen LogP contribution in [0.5, 0.6) is 0 Å². The molecule has 1 aliphatic carbocycles. The summed E-state index contributed by atoms with van der Waals surface area (Å²) in [5.41, 5.74) is 0. The number of aryl methyl sites for hydroxylation is 2. The van der Waals surface area contributed by atoms with Gasteiger partial charge in [0, 0.05) is 47.5 Å². The molecule has 1 amide bonds. The molecule has 0 spiro atoms. The maximum absolute atomic E-state index is 12.8. The molecule has 23 heavy (non-hydrogen) atoms. The van der Waals surface area contributed by atoms with Gasteiger partial charge in [-0.3, -0.25) is 4.79 Å². The quantitative estimate of drug-likeness (QED) is 0.866. The predicted octanol–water partition coefficient (Wildman–Crippen LogP) is 3.26. The largest absolute Gasteiger partial charge is 0.342 e. The highest BCUT2D eigenvalue weighted by Gasteiger charge is 2.47. The number of amides is 1. The number of aromatic nitrogens is 2. The molecular formula is C17H21N3O2S. The Bertz CT molecular complexity index is 723. The van der Waals surface area contributed by atoms with E-state index < -0.39 is 0 Å². The lowest BCUT2D eigenvalue weighted by molar-refractivity contribution is -0.133. The zero-order valence-corrected chi connectivity index (χ0v) is 14.3. The van der Waals surface area contributed by atoms with Crippen LogP contribution in [-0.2, 0) is 4.79 Å². The van der Waals surface area contributed by atoms with Gasteiger partial charge in [0.05, 0.1) is 0 Å². The first-order chi connectivity index (χ1) is 11.1. The standard InChI is InChI=1S/C17H21N3O2S/c1-10-5-6-15(23-10)13-8-14(13)17(21)20-7-3-4-12(9-20)16-18-11(2)22-19-16/h5-6,12-14H,3-4,7-9H2,1-2H3/t12-,13+,14+/m1/s1. The van der Waals surface area contributed by atoms with Crippen molar-refractivity contribution in [2.24, 2.45) is 5.92 Å². The van der Waals surface area contributed by atoms with Gasteiger partial charge in [0.2, 0.25) is 11.8 Å². The fraction of sp³-hybridized carbons (Fsp3) is 0.588. The Morgan fingerprint density at radius 2 is 2.26 bits per heavy atom. The maximum Gasteiger partial charge on any atom is 0.226 e. The SMILES string of the molecule is Cc1nc([C@@H]2CCCN(C(=O)[C@H]3C[C@@H]3c3ccc(C)s3)C2)no1. The highest BCUT2D eigenvalue weighted by Crippen LogP contribution is 2.50. The summed E-state index contributed by atoms with van der Waals surface area (Å²) in [5.74, 6) is 2.49. The number of carbonyl (C=O) groups excluding carboxylic acids is 1. The summed E-state index contributed by atoms with van der Waals surface area (Å²) in [6.07, 6.45) is 3.04. The minimum absolute atomic E-state index is 0.179. The first kappa shape index (κ1) is 14.9. The van der Waals surface area contributed by atoms with Crippen molar-refractivity contribution in [3.63, 3.8) is 0 Å². The van der Waals surface area contributed by atoms with Crippen molar-refractivity contribution >= 4 is 17.2 Å². The van der Waals surface area contributed by atoms with Gasteiger partial charge in [-0.25, -0.2) is 0 Å². The second-order valence-corrected chi connectivity index (χ2v) is 8.01. The van der Waals surface area contributed by atoms with Gasteiger partial charge >= 0.3 is 0 Å². The number of likely N-dealkylation sites (tertiary alicyclic amines) is 1. The molecule has 0 unspecified atom stereocenters. The Labute approximate surface area is 139 Å². The average Bonchev–Trinajstić information content (AvgIpc) is 3.04. The van der Waals surface area contributed by atoms with Gasteiger partial charge in [0.15, 0.2) is 5.82 Å². The Balaban J connectivity index is 1.41. The van der Waals surface area contributed by atoms with E-state index in [0.717, 1.165) is 38.2 Å². The van der Waals surface area contributed by atoms with Gasteiger partial charge in [0.25, 0.3) is 0 Å². The van der Waals surface area contributed by atoms with Crippen molar-refractivity contribution < 1.29 is 9.32 Å². The average molecular weight is 331 g/mol. The molecule has 2 fully saturated rings. The number of carbonyl (C=O) groups is 1. The van der Waals surface area contributed by atoms with Crippen molar-refractivity contribution in [1.82, 2.24) is 15.0 Å². The monoisotopic (exact) mass is 331 g/mol. The third kappa shape index (κ3) is 2.92. The van der Waals surface area contributed by atoms with Crippen LogP contribution in [0, 0.1) is 19.8 Å². The van der Waals surface area contributed by atoms with Crippen molar-refractivity contribution in [3.8, 4) is 0 Å². The van der Waals surface area contributed by atoms with Gasteiger partial charge in [-0.2, -0.15) is 4.98 Å². The normalized spacial score (nSPS) is 27.2. The minimum atomic E-state index is 0.179. The molecule has 6 heteroatoms. The maximum atomic E-state index is 12.8. The summed E-state index contributed by atoms with van der Waals surface area (Å²) in [7, 11) is 0. The summed E-state index contributed by atoms with van der Waals surface area (Å²) in [6, 6.07) is 4.33. The van der Waals surface area contributed by atoms with E-state index in [4.69, 9.17) is 4.52 Å². The summed E-state index contributed by atoms with van der Waals surface area (Å²) in [5, 5.41) is 4.04. The predicted molar refractivity (Wildman–Crippen MR) is 87.5 cm³/mol. The number of hydrogen-bond donors (Lipinski definition) is 0. The number of nitrogens with zero attached hydrogens (tertiary/aromatic N) is 3. The van der Waals surface area contributed by atoms with Crippen LogP contribution in [0.3, 0.4) is 0 Å². The zero-order valence-electron chi connectivity index (χ0n) is 13.5. The van der Waals surface area contributed by atoms with Gasteiger partial charge in [-0.05, 0) is 38.3 Å². The highest BCUT2D eigenvalue weighted by atomic mass is 32.1. The van der Waals surface area contributed by atoms with Crippen LogP contribution < -0.4 is 0 Å². The topological polar surface area (TPSA) is 59.2 Å². The van der Waals surface area contributed by atoms with E-state index in [1.54, 1.807) is 6.92 Å². The lowest BCUT2D eigenvalue weighted by Crippen LogP contribution is -2.40. The summed E-state index contributed by atoms with van der Waals surface area (Å²) in [4.78, 5) is 21.8. The third-order valence-electron chi connectivity index (χ3n) is 4.88. The van der Waals surface area contributed by atoms with Gasteiger partial charge < -0.3 is 9.42 Å². The summed E-state index contributed by atoms with van der Waals surface area (Å²) >= 11 is 1.82. The Morgan fingerprint density at radius 1 is 1.39 bits per heavy atom. The molecule has 3 heterocycles. The van der Waals surface area contributed by atoms with Gasteiger partial charge in [-0.1, -0.05) is 5.16 Å². The van der Waals surface area contributed by atoms with Crippen LogP contribution >= 0.6 is 11.3 Å². The van der Waals surface area contributed by atoms with Crippen molar-refractivity contribution in [1.29, 1.82) is 0 Å². The Kier molecular flexibility index (Phi) is 3.71. The van der Waals surface area contributed by atoms with Gasteiger partial charge in [-0.15, -0.1) is 11.3 Å². The van der Waals surface area contributed by atoms with Crippen LogP contribution in [0.2, 0.25) is 0 Å². The van der Waals surface area contributed by atoms with Crippen LogP contribution in [-0.4, -0.2) is 34.0 Å². The smallest absolute Gasteiger partial charge is 0.226 e. The number of thiophene rings is 1. The van der Waals surface area contributed by atoms with Crippen molar-refractivity contribution in [2.45, 2.75) is 44.9 Å². The summed E-state index contributed by atoms with van der Waals surface area (Å²) < 4.78 is 5.09. The molecule has 4 rings (SSSR count). The first-order valence-corrected chi connectivity index (χ1v) is 9.09. The molecular weight excluding hydrogens is 310 g/mol. The van der Waals surface area contributed by atoms with Crippen LogP contribution in [0.1, 0.15) is 52.6 Å². The lowest BCUT2D eigenvalue weighted by atomic mass is 9.97. The molecule has 1 saturated heterocycles. The molecule has 0 bridgehead atoms. The van der Waals surface area contributed by atoms with E-state index in [9.17, 15) is 4.79 Å². The van der Waals surface area contributed by atoms with Crippen molar-refractivity contribution in [2.75, 3.05) is 13.1 Å². The van der Waals surface area contributed by atoms with Crippen LogP contribution in [0.15, 0.2) is 16.7 Å². The first-order valence-electron chi connectivity index (χ1n) is 8.27. The van der Waals surface area contributed by atoms with E-state index in [2.05, 4.69) is 29.2 Å². The molecule has 122 valence electrons. The number of rotatable bonds is 3. The molecule has 2 aliphatic rings. The fourth-order valence-electron chi connectivity index (χ4n) is 3.54. The third-order valence-corrected chi connectivity index (χ3v) is 6.01. The molecule has 0 radical (unpaired) electrons. The van der Waals surface area contributed by atoms with Crippen molar-refractivity contribution in [3.05, 3.63) is 33.6 Å². The lowest BCUT2D eigenvalue weighted by Gasteiger charge is -2.31. The van der Waals surface area contributed by atoms with E-state index >= 15 is 0 Å². The van der Waals surface area contributed by atoms with Crippen LogP contribution in [0.4, 0.5) is 0 Å². The van der Waals surface area contributed by atoms with Crippen LogP contribution in [0.25, 0.3) is 0 Å². The fourth-order valence-corrected chi connectivity index (χ4v) is 4.59. The molecule has 1 aliphatic heterocycles. The van der Waals surface area contributed by atoms with E-state index in [-0.39, 0.29) is 11.8 Å². The second kappa shape index (κ2) is 5.74. The van der Waals surface area contributed by atoms with E-state index in [1.165, 1.54) is 9.75 Å². The molecule has 1 saturated carbocycles. The number of piperidine rings is 1. The highest BCUT2D eigenvalue weighted by molar-refractivity contribution is 7.12. The Morgan fingerprint density at radius 3 is 2.96 bits per heavy atom.